The van der Waals surface area contributed by atoms with Gasteiger partial charge >= 0.3 is 0 Å². The molecule has 1 aliphatic rings. The average molecular weight is 285 g/mol. The predicted octanol–water partition coefficient (Wildman–Crippen LogP) is 3.71. The van der Waals surface area contributed by atoms with Gasteiger partial charge in [0.25, 0.3) is 0 Å². The summed E-state index contributed by atoms with van der Waals surface area (Å²) < 4.78 is 5.14. The van der Waals surface area contributed by atoms with Crippen molar-refractivity contribution in [1.82, 2.24) is 0 Å². The van der Waals surface area contributed by atoms with Gasteiger partial charge in [0.1, 0.15) is 5.75 Å². The van der Waals surface area contributed by atoms with E-state index in [4.69, 9.17) is 4.74 Å². The molecule has 0 aromatic heterocycles. The van der Waals surface area contributed by atoms with Gasteiger partial charge in [-0.3, -0.25) is 9.79 Å². The summed E-state index contributed by atoms with van der Waals surface area (Å²) in [6, 6.07) is 15.4. The molecule has 20 heavy (non-hydrogen) atoms. The van der Waals surface area contributed by atoms with Gasteiger partial charge in [0.2, 0.25) is 5.12 Å². The molecule has 0 spiro atoms. The molecule has 4 heteroatoms. The van der Waals surface area contributed by atoms with E-state index in [1.165, 1.54) is 0 Å². The molecule has 0 saturated heterocycles. The fourth-order valence-electron chi connectivity index (χ4n) is 2.15. The Morgan fingerprint density at radius 1 is 1.10 bits per heavy atom. The lowest BCUT2D eigenvalue weighted by molar-refractivity contribution is 0.108. The first-order valence-corrected chi connectivity index (χ1v) is 7.94. The van der Waals surface area contributed by atoms with Crippen LogP contribution in [-0.4, -0.2) is 17.8 Å². The topological polar surface area (TPSA) is 38.7 Å². The molecule has 0 radical (unpaired) electrons. The van der Waals surface area contributed by atoms with Crippen molar-refractivity contribution in [1.29, 1.82) is 0 Å². The second kappa shape index (κ2) is 5.51. The van der Waals surface area contributed by atoms with Crippen LogP contribution < -0.4 is 4.74 Å². The third-order valence-electron chi connectivity index (χ3n) is 3.24. The highest BCUT2D eigenvalue weighted by Crippen LogP contribution is 2.39. The molecule has 2 aromatic carbocycles. The standard InChI is InChI=1S/C16H15NO2S/c1-19-13-8-6-12(7-9-13)10-20-11-17-15-5-3-2-4-14(15)16(20)18/h2-9,11,20H,10H2,1H3. The van der Waals surface area contributed by atoms with E-state index >= 15 is 0 Å². The first-order chi connectivity index (χ1) is 9.78. The molecular formula is C16H15NO2S. The van der Waals surface area contributed by atoms with Gasteiger partial charge in [0, 0.05) is 11.3 Å². The van der Waals surface area contributed by atoms with Crippen LogP contribution in [0, 0.1) is 0 Å². The summed E-state index contributed by atoms with van der Waals surface area (Å²) in [5.74, 6) is 1.56. The van der Waals surface area contributed by atoms with Gasteiger partial charge in [-0.1, -0.05) is 24.3 Å². The van der Waals surface area contributed by atoms with Crippen LogP contribution in [0.5, 0.6) is 5.75 Å². The number of benzene rings is 2. The Morgan fingerprint density at radius 3 is 2.60 bits per heavy atom. The minimum Gasteiger partial charge on any atom is -0.497 e. The second-order valence-electron chi connectivity index (χ2n) is 4.54. The number of nitrogens with zero attached hydrogens (tertiary/aromatic N) is 1. The van der Waals surface area contributed by atoms with Crippen molar-refractivity contribution < 1.29 is 9.53 Å². The van der Waals surface area contributed by atoms with Gasteiger partial charge in [-0.15, -0.1) is 10.9 Å². The lowest BCUT2D eigenvalue weighted by Crippen LogP contribution is -2.07. The molecule has 0 aliphatic carbocycles. The zero-order valence-electron chi connectivity index (χ0n) is 11.1. The fourth-order valence-corrected chi connectivity index (χ4v) is 3.84. The SMILES string of the molecule is COc1ccc(C[SH]2C=Nc3ccccc3C2=O)cc1. The van der Waals surface area contributed by atoms with Gasteiger partial charge in [0.05, 0.1) is 18.4 Å². The minimum atomic E-state index is -0.881. The molecule has 0 amide bonds. The summed E-state index contributed by atoms with van der Waals surface area (Å²) in [5.41, 5.74) is 4.49. The number of fused-ring (bicyclic) bond motifs is 1. The van der Waals surface area contributed by atoms with E-state index in [1.54, 1.807) is 7.11 Å². The third kappa shape index (κ3) is 2.47. The highest BCUT2D eigenvalue weighted by atomic mass is 32.2. The first-order valence-electron chi connectivity index (χ1n) is 6.35. The number of rotatable bonds is 3. The molecule has 2 aromatic rings. The van der Waals surface area contributed by atoms with Crippen LogP contribution in [0.1, 0.15) is 15.9 Å². The number of aliphatic imine (C=N–C) groups is 1. The summed E-state index contributed by atoms with van der Waals surface area (Å²) >= 11 is 0. The van der Waals surface area contributed by atoms with Crippen molar-refractivity contribution in [2.45, 2.75) is 5.75 Å². The lowest BCUT2D eigenvalue weighted by Gasteiger charge is -2.20. The maximum atomic E-state index is 12.5. The van der Waals surface area contributed by atoms with Gasteiger partial charge in [-0.05, 0) is 29.8 Å². The molecule has 102 valence electrons. The molecule has 1 aliphatic heterocycles. The Morgan fingerprint density at radius 2 is 1.85 bits per heavy atom. The van der Waals surface area contributed by atoms with E-state index in [-0.39, 0.29) is 5.12 Å². The van der Waals surface area contributed by atoms with Crippen molar-refractivity contribution in [3.63, 3.8) is 0 Å². The smallest absolute Gasteiger partial charge is 0.207 e. The normalized spacial score (nSPS) is 18.6. The predicted molar refractivity (Wildman–Crippen MR) is 84.6 cm³/mol. The first kappa shape index (κ1) is 12.9. The number of carbonyl (C=O) groups is 1. The Kier molecular flexibility index (Phi) is 3.56. The monoisotopic (exact) mass is 285 g/mol. The van der Waals surface area contributed by atoms with Crippen LogP contribution in [0.3, 0.4) is 0 Å². The molecule has 0 bridgehead atoms. The number of hydrogen-bond donors (Lipinski definition) is 1. The van der Waals surface area contributed by atoms with Crippen LogP contribution in [0.15, 0.2) is 53.5 Å². The van der Waals surface area contributed by atoms with Gasteiger partial charge in [-0.2, -0.15) is 0 Å². The van der Waals surface area contributed by atoms with E-state index < -0.39 is 10.9 Å². The number of methoxy groups -OCH3 is 1. The molecular weight excluding hydrogens is 270 g/mol. The van der Waals surface area contributed by atoms with Crippen LogP contribution in [0.25, 0.3) is 0 Å². The van der Waals surface area contributed by atoms with E-state index in [0.29, 0.717) is 0 Å². The number of para-hydroxylation sites is 1. The van der Waals surface area contributed by atoms with Gasteiger partial charge < -0.3 is 4.74 Å². The van der Waals surface area contributed by atoms with Gasteiger partial charge in [-0.25, -0.2) is 0 Å². The summed E-state index contributed by atoms with van der Waals surface area (Å²) in [4.78, 5) is 16.9. The highest BCUT2D eigenvalue weighted by molar-refractivity contribution is 8.39. The molecule has 0 fully saturated rings. The molecule has 0 N–H and O–H groups in total. The Hall–Kier alpha value is -2.07. The molecule has 1 unspecified atom stereocenters. The zero-order valence-corrected chi connectivity index (χ0v) is 12.0. The van der Waals surface area contributed by atoms with Crippen LogP contribution in [0.4, 0.5) is 5.69 Å². The van der Waals surface area contributed by atoms with Crippen molar-refractivity contribution in [3.05, 3.63) is 59.7 Å². The van der Waals surface area contributed by atoms with E-state index in [9.17, 15) is 4.79 Å². The third-order valence-corrected chi connectivity index (χ3v) is 5.11. The lowest BCUT2D eigenvalue weighted by atomic mass is 10.2. The Bertz CT molecular complexity index is 664. The highest BCUT2D eigenvalue weighted by Gasteiger charge is 2.21. The van der Waals surface area contributed by atoms with Gasteiger partial charge in [0.15, 0.2) is 0 Å². The quantitative estimate of drug-likeness (QED) is 0.873. The number of ether oxygens (including phenoxy) is 1. The van der Waals surface area contributed by atoms with Crippen LogP contribution >= 0.6 is 10.9 Å². The Labute approximate surface area is 120 Å². The number of hydrogen-bond acceptors (Lipinski definition) is 3. The zero-order chi connectivity index (χ0) is 13.9. The second-order valence-corrected chi connectivity index (χ2v) is 6.44. The maximum Gasteiger partial charge on any atom is 0.207 e. The molecule has 3 rings (SSSR count). The Balaban J connectivity index is 1.81. The van der Waals surface area contributed by atoms with Crippen molar-refractivity contribution in [2.24, 2.45) is 4.99 Å². The molecule has 3 nitrogen and oxygen atoms in total. The molecule has 1 atom stereocenters. The van der Waals surface area contributed by atoms with E-state index in [0.717, 1.165) is 28.3 Å². The average Bonchev–Trinajstić information content (AvgIpc) is 2.51. The summed E-state index contributed by atoms with van der Waals surface area (Å²) in [6.07, 6.45) is 0. The summed E-state index contributed by atoms with van der Waals surface area (Å²) in [5, 5.41) is 0.210. The maximum absolute atomic E-state index is 12.5. The largest absolute Gasteiger partial charge is 0.497 e. The van der Waals surface area contributed by atoms with Crippen LogP contribution in [-0.2, 0) is 5.75 Å². The number of thiol groups is 1. The van der Waals surface area contributed by atoms with E-state index in [1.807, 2.05) is 54.1 Å². The fraction of sp³-hybridized carbons (Fsp3) is 0.125. The molecule has 0 saturated carbocycles. The van der Waals surface area contributed by atoms with Crippen LogP contribution in [0.2, 0.25) is 0 Å². The van der Waals surface area contributed by atoms with Crippen molar-refractivity contribution in [2.75, 3.05) is 7.11 Å². The molecule has 1 heterocycles. The van der Waals surface area contributed by atoms with Crippen molar-refractivity contribution in [3.8, 4) is 5.75 Å². The van der Waals surface area contributed by atoms with E-state index in [2.05, 4.69) is 4.99 Å². The minimum absolute atomic E-state index is 0.210. The van der Waals surface area contributed by atoms with Crippen molar-refractivity contribution >= 4 is 27.2 Å². The number of carbonyl (C=O) groups excluding carboxylic acids is 1. The summed E-state index contributed by atoms with van der Waals surface area (Å²) in [7, 11) is 0.765. The summed E-state index contributed by atoms with van der Waals surface area (Å²) in [6.45, 7) is 0.